The Kier molecular flexibility index (Phi) is 43.3. The summed E-state index contributed by atoms with van der Waals surface area (Å²) in [7, 11) is 3.33. The minimum absolute atomic E-state index is 0.105. The second-order valence-corrected chi connectivity index (χ2v) is 41.3. The zero-order valence-corrected chi connectivity index (χ0v) is 89.1. The van der Waals surface area contributed by atoms with E-state index in [0.717, 1.165) is 277 Å². The number of benzene rings is 13. The zero-order chi connectivity index (χ0) is 104. The van der Waals surface area contributed by atoms with Gasteiger partial charge in [-0.2, -0.15) is 0 Å². The van der Waals surface area contributed by atoms with E-state index in [4.69, 9.17) is 70.6 Å². The number of hydrogen-bond donors (Lipinski definition) is 0. The van der Waals surface area contributed by atoms with Crippen molar-refractivity contribution in [2.45, 2.75) is 290 Å². The minimum Gasteiger partial charge on any atom is -0.496 e. The number of carbonyl (C=O) groups excluding carboxylic acids is 4. The van der Waals surface area contributed by atoms with Crippen LogP contribution in [0.1, 0.15) is 232 Å². The van der Waals surface area contributed by atoms with Crippen LogP contribution >= 0.6 is 39.1 Å². The van der Waals surface area contributed by atoms with Crippen molar-refractivity contribution in [2.75, 3.05) is 14.2 Å². The van der Waals surface area contributed by atoms with Gasteiger partial charge >= 0.3 is 0 Å². The topological polar surface area (TPSA) is 161 Å². The fourth-order valence-corrected chi connectivity index (χ4v) is 20.8. The van der Waals surface area contributed by atoms with E-state index in [9.17, 15) is 36.7 Å². The van der Waals surface area contributed by atoms with Crippen molar-refractivity contribution in [3.8, 4) is 79.0 Å². The lowest BCUT2D eigenvalue weighted by Gasteiger charge is -2.29. The standard InChI is InChI=1S/C34H35FO3.C32H37FO4.C31H34ClFO4.C30H31BrClFO3/c1-24(36)6-4-9-27-14-15-33(22-34(27)29-10-5-11-30(35)21-29)38-32-18-16-31(17-19-32)37-23-25-12-13-26-7-2-3-8-28(26)20-25;1-22-10-11-26(32(18-22)35-3)21-36-28-14-16-29(17-15-28)37-30-13-12-24(7-4-6-23(2)34)31(20-30)25-8-5-9-27(33)19-25;1-21(34)5-3-6-22-10-12-29(19-30(22)23-7-4-8-26(33)17-23)37-28-15-13-27(14-16-28)36-20-24-9-11-25(32)18-31(24)35-2;1-20(34)4-2-5-21-9-11-28(18-29(21)22-6-3-7-25(33)16-22)36-27-14-12-26(13-15-27)35-19-23-8-10-24(32)17-30(23)31/h2-3,5,7-8,10-15,20-22,31-32H,4,6,9,16-19,23H2,1H3;5,8-13,18-20,28-29H,4,6-7,14-17,21H2,1-3H3;4,7-12,17-19,27-28H,3,5-6,13-16,20H2,1-2H3;3,6-11,16-18,26-27H,2,4-5,12-15,19H2,1H3. The summed E-state index contributed by atoms with van der Waals surface area (Å²) < 4.78 is 118. The first kappa shape index (κ1) is 112. The van der Waals surface area contributed by atoms with Gasteiger partial charge < -0.3 is 66.5 Å². The Labute approximate surface area is 888 Å². The Bertz CT molecular complexity index is 6350. The molecule has 0 aromatic heterocycles. The van der Waals surface area contributed by atoms with Crippen LogP contribution in [0.4, 0.5) is 17.6 Å². The predicted octanol–water partition coefficient (Wildman–Crippen LogP) is 32.8. The molecule has 14 nitrogen and oxygen atoms in total. The lowest BCUT2D eigenvalue weighted by atomic mass is 9.94. The van der Waals surface area contributed by atoms with E-state index in [0.29, 0.717) is 62.2 Å². The molecular weight excluding hydrogens is 1980 g/mol. The van der Waals surface area contributed by atoms with Crippen LogP contribution in [0.2, 0.25) is 10.0 Å². The lowest BCUT2D eigenvalue weighted by Crippen LogP contribution is -2.28. The van der Waals surface area contributed by atoms with Crippen molar-refractivity contribution in [1.82, 2.24) is 0 Å². The van der Waals surface area contributed by atoms with Crippen molar-refractivity contribution in [1.29, 1.82) is 0 Å². The molecule has 778 valence electrons. The summed E-state index contributed by atoms with van der Waals surface area (Å²) in [6.45, 7) is 10.7. The maximum Gasteiger partial charge on any atom is 0.129 e. The molecule has 17 rings (SSSR count). The molecule has 21 heteroatoms. The Hall–Kier alpha value is -11.8. The molecule has 4 fully saturated rings. The molecule has 0 bridgehead atoms. The summed E-state index contributed by atoms with van der Waals surface area (Å²) in [6.07, 6.45) is 24.5. The number of Topliss-reactive ketones (excluding diaryl/α,β-unsaturated/α-hetero) is 4. The Morgan fingerprint density at radius 3 is 0.905 bits per heavy atom. The number of aryl methyl sites for hydroxylation is 5. The monoisotopic (exact) mass is 2110 g/mol. The van der Waals surface area contributed by atoms with Gasteiger partial charge in [-0.05, 0) is 416 Å². The van der Waals surface area contributed by atoms with Crippen LogP contribution in [0.3, 0.4) is 0 Å². The first-order valence-corrected chi connectivity index (χ1v) is 53.8. The van der Waals surface area contributed by atoms with Gasteiger partial charge in [-0.1, -0.05) is 173 Å². The molecule has 4 aliphatic rings. The zero-order valence-electron chi connectivity index (χ0n) is 86.0. The average molecular weight is 2110 g/mol. The number of ketones is 4. The molecule has 0 unspecified atom stereocenters. The van der Waals surface area contributed by atoms with E-state index in [2.05, 4.69) is 95.7 Å². The highest BCUT2D eigenvalue weighted by Gasteiger charge is 2.30. The molecule has 4 saturated carbocycles. The third-order valence-electron chi connectivity index (χ3n) is 27.9. The van der Waals surface area contributed by atoms with E-state index in [1.54, 1.807) is 96.5 Å². The number of halogens is 7. The summed E-state index contributed by atoms with van der Waals surface area (Å²) in [5.41, 5.74) is 17.1. The lowest BCUT2D eigenvalue weighted by molar-refractivity contribution is -0.117. The number of carbonyl (C=O) groups is 4. The second kappa shape index (κ2) is 57.3. The van der Waals surface area contributed by atoms with Crippen LogP contribution in [0.5, 0.6) is 34.5 Å². The molecule has 13 aromatic rings. The molecule has 0 N–H and O–H groups in total. The van der Waals surface area contributed by atoms with Gasteiger partial charge in [0.25, 0.3) is 0 Å². The first-order valence-electron chi connectivity index (χ1n) is 52.3. The number of ether oxygens (including phenoxy) is 10. The third kappa shape index (κ3) is 35.5. The van der Waals surface area contributed by atoms with Crippen LogP contribution in [0, 0.1) is 30.2 Å². The van der Waals surface area contributed by atoms with Gasteiger partial charge in [0.1, 0.15) is 80.9 Å². The van der Waals surface area contributed by atoms with Crippen molar-refractivity contribution >= 4 is 73.0 Å². The van der Waals surface area contributed by atoms with Crippen molar-refractivity contribution < 1.29 is 84.1 Å². The highest BCUT2D eigenvalue weighted by Crippen LogP contribution is 2.41. The molecule has 0 saturated heterocycles. The summed E-state index contributed by atoms with van der Waals surface area (Å²) in [5, 5.41) is 3.84. The van der Waals surface area contributed by atoms with Crippen LogP contribution in [-0.2, 0) is 90.2 Å². The second-order valence-electron chi connectivity index (χ2n) is 39.5. The van der Waals surface area contributed by atoms with Gasteiger partial charge in [-0.3, -0.25) is 0 Å². The summed E-state index contributed by atoms with van der Waals surface area (Å²) in [4.78, 5) is 45.6. The van der Waals surface area contributed by atoms with E-state index in [1.807, 2.05) is 115 Å². The van der Waals surface area contributed by atoms with Gasteiger partial charge in [0.05, 0.1) is 89.5 Å². The molecule has 4 aliphatic carbocycles. The maximum atomic E-state index is 14.0. The van der Waals surface area contributed by atoms with E-state index in [-0.39, 0.29) is 95.2 Å². The van der Waals surface area contributed by atoms with Crippen LogP contribution in [-0.4, -0.2) is 86.2 Å². The fraction of sp³-hybridized carbons (Fsp3) is 0.370. The molecule has 0 aliphatic heterocycles. The van der Waals surface area contributed by atoms with Gasteiger partial charge in [0, 0.05) is 51.3 Å². The van der Waals surface area contributed by atoms with Gasteiger partial charge in [-0.15, -0.1) is 0 Å². The highest BCUT2D eigenvalue weighted by atomic mass is 79.9. The largest absolute Gasteiger partial charge is 0.496 e. The number of hydrogen-bond acceptors (Lipinski definition) is 14. The molecule has 0 amide bonds. The van der Waals surface area contributed by atoms with Gasteiger partial charge in [0.2, 0.25) is 0 Å². The Morgan fingerprint density at radius 2 is 0.581 bits per heavy atom. The normalized spacial score (nSPS) is 17.5. The Balaban J connectivity index is 0.000000156. The molecule has 0 radical (unpaired) electrons. The average Bonchev–Trinajstić information content (AvgIpc) is 0.816. The highest BCUT2D eigenvalue weighted by molar-refractivity contribution is 9.10. The Morgan fingerprint density at radius 1 is 0.291 bits per heavy atom. The SMILES string of the molecule is CC(=O)CCCc1ccc(OC2CCC(OCc3ccc(Cl)cc3Br)CC2)cc1-c1cccc(F)c1.CC(=O)CCCc1ccc(OC2CCC(OCc3ccc4ccccc4c3)CC2)cc1-c1cccc(F)c1.COc1cc(C)ccc1COC1CCC(Oc2ccc(CCCC(C)=O)c(-c3cccc(F)c3)c2)CC1.COc1cc(Cl)ccc1COC1CCC(Oc2ccc(CCCC(C)=O)c(-c3cccc(F)c3)c2)CC1. The molecule has 13 aromatic carbocycles. The van der Waals surface area contributed by atoms with E-state index in [1.165, 1.54) is 46.2 Å². The quantitative estimate of drug-likeness (QED) is 0.0332. The minimum atomic E-state index is -0.270. The van der Waals surface area contributed by atoms with Gasteiger partial charge in [-0.25, -0.2) is 17.6 Å². The summed E-state index contributed by atoms with van der Waals surface area (Å²) in [5.74, 6) is 4.46. The first-order chi connectivity index (χ1) is 71.7. The van der Waals surface area contributed by atoms with Crippen LogP contribution < -0.4 is 28.4 Å². The maximum absolute atomic E-state index is 14.0. The fourth-order valence-electron chi connectivity index (χ4n) is 19.8. The smallest absolute Gasteiger partial charge is 0.129 e. The van der Waals surface area contributed by atoms with Crippen molar-refractivity contribution in [2.24, 2.45) is 0 Å². The van der Waals surface area contributed by atoms with Crippen molar-refractivity contribution in [3.05, 3.63) is 355 Å². The number of methoxy groups -OCH3 is 2. The van der Waals surface area contributed by atoms with Crippen LogP contribution in [0.15, 0.2) is 271 Å². The van der Waals surface area contributed by atoms with E-state index < -0.39 is 0 Å². The molecule has 148 heavy (non-hydrogen) atoms. The summed E-state index contributed by atoms with van der Waals surface area (Å²) in [6, 6.07) is 83.3. The molecule has 0 spiro atoms. The molecule has 0 heterocycles. The van der Waals surface area contributed by atoms with Crippen LogP contribution in [0.25, 0.3) is 55.3 Å². The van der Waals surface area contributed by atoms with Crippen molar-refractivity contribution in [3.63, 3.8) is 0 Å². The number of rotatable bonds is 42. The predicted molar refractivity (Wildman–Crippen MR) is 586 cm³/mol. The third-order valence-corrected chi connectivity index (χ3v) is 29.1. The van der Waals surface area contributed by atoms with Gasteiger partial charge in [0.15, 0.2) is 0 Å². The van der Waals surface area contributed by atoms with E-state index >= 15 is 0 Å². The molecule has 0 atom stereocenters. The molecular formula is C127H137BrCl2F4O14. The number of fused-ring (bicyclic) bond motifs is 1. The summed E-state index contributed by atoms with van der Waals surface area (Å²) >= 11 is 15.6.